The molecule has 0 fully saturated rings. The predicted octanol–water partition coefficient (Wildman–Crippen LogP) is 6.76. The first-order valence-corrected chi connectivity index (χ1v) is 10.8. The summed E-state index contributed by atoms with van der Waals surface area (Å²) < 4.78 is 57.9. The van der Waals surface area contributed by atoms with E-state index in [0.717, 1.165) is 25.0 Å². The Hall–Kier alpha value is -1.77. The highest BCUT2D eigenvalue weighted by molar-refractivity contribution is 7.81. The normalized spacial score (nSPS) is 15.6. The lowest BCUT2D eigenvalue weighted by Crippen LogP contribution is -2.39. The summed E-state index contributed by atoms with van der Waals surface area (Å²) in [6.07, 6.45) is -3.59. The van der Waals surface area contributed by atoms with Crippen molar-refractivity contribution in [1.82, 2.24) is 0 Å². The molecule has 0 radical (unpaired) electrons. The Morgan fingerprint density at radius 1 is 1.03 bits per heavy atom. The average molecular weight is 509 g/mol. The first kappa shape index (κ1) is 24.9. The van der Waals surface area contributed by atoms with Crippen LogP contribution in [-0.4, -0.2) is 25.0 Å². The number of Topliss-reactive ketones (excluding diaryl/α,β-unsaturated/α-hetero) is 1. The smallest absolute Gasteiger partial charge is 0.407 e. The van der Waals surface area contributed by atoms with Crippen LogP contribution in [0.5, 0.6) is 0 Å². The third-order valence-electron chi connectivity index (χ3n) is 5.59. The number of methoxy groups -OCH3 is 1. The maximum absolute atomic E-state index is 14.1. The van der Waals surface area contributed by atoms with Gasteiger partial charge >= 0.3 is 12.1 Å². The highest BCUT2D eigenvalue weighted by atomic mass is 35.5. The summed E-state index contributed by atoms with van der Waals surface area (Å²) in [4.78, 5) is 25.2. The third-order valence-corrected chi connectivity index (χ3v) is 6.81. The van der Waals surface area contributed by atoms with Crippen LogP contribution in [0.3, 0.4) is 0 Å². The maximum Gasteiger partial charge on any atom is 0.407 e. The van der Waals surface area contributed by atoms with E-state index in [0.29, 0.717) is 29.5 Å². The number of esters is 1. The molecular weight excluding hydrogens is 491 g/mol. The molecule has 2 aromatic carbocycles. The Balaban J connectivity index is 2.08. The molecule has 0 saturated heterocycles. The Morgan fingerprint density at radius 3 is 2.03 bits per heavy atom. The third kappa shape index (κ3) is 4.50. The second-order valence-corrected chi connectivity index (χ2v) is 9.11. The summed E-state index contributed by atoms with van der Waals surface area (Å²) in [6, 6.07) is 4.27. The minimum atomic E-state index is -4.98. The van der Waals surface area contributed by atoms with Crippen LogP contribution in [0.2, 0.25) is 10.0 Å². The van der Waals surface area contributed by atoms with Crippen LogP contribution in [-0.2, 0) is 22.3 Å². The lowest BCUT2D eigenvalue weighted by atomic mass is 9.81. The van der Waals surface area contributed by atoms with Crippen LogP contribution in [0.4, 0.5) is 17.6 Å². The fourth-order valence-electron chi connectivity index (χ4n) is 3.92. The minimum Gasteiger partial charge on any atom is -0.465 e. The number of thiol groups is 1. The van der Waals surface area contributed by atoms with Gasteiger partial charge in [-0.15, -0.1) is 0 Å². The molecule has 32 heavy (non-hydrogen) atoms. The number of hydrogen-bond donors (Lipinski definition) is 1. The van der Waals surface area contributed by atoms with Gasteiger partial charge in [-0.2, -0.15) is 25.8 Å². The number of ether oxygens (including phenoxy) is 1. The molecule has 0 aromatic heterocycles. The van der Waals surface area contributed by atoms with Gasteiger partial charge in [0.05, 0.1) is 22.7 Å². The molecule has 0 saturated carbocycles. The number of benzene rings is 2. The molecule has 0 bridgehead atoms. The molecule has 0 amide bonds. The quantitative estimate of drug-likeness (QED) is 0.159. The lowest BCUT2D eigenvalue weighted by molar-refractivity contribution is -0.160. The Kier molecular flexibility index (Phi) is 7.17. The highest BCUT2D eigenvalue weighted by Crippen LogP contribution is 2.49. The van der Waals surface area contributed by atoms with Gasteiger partial charge in [-0.05, 0) is 60.6 Å². The topological polar surface area (TPSA) is 43.4 Å². The van der Waals surface area contributed by atoms with Crippen molar-refractivity contribution in [2.24, 2.45) is 0 Å². The van der Waals surface area contributed by atoms with Crippen molar-refractivity contribution in [2.75, 3.05) is 7.11 Å². The van der Waals surface area contributed by atoms with Crippen LogP contribution in [0.15, 0.2) is 24.3 Å². The Morgan fingerprint density at radius 2 is 1.53 bits per heavy atom. The molecule has 1 atom stereocenters. The minimum absolute atomic E-state index is 0.0920. The van der Waals surface area contributed by atoms with Crippen LogP contribution in [0.25, 0.3) is 0 Å². The zero-order valence-electron chi connectivity index (χ0n) is 16.8. The fourth-order valence-corrected chi connectivity index (χ4v) is 4.68. The van der Waals surface area contributed by atoms with E-state index < -0.39 is 50.5 Å². The largest absolute Gasteiger partial charge is 0.465 e. The number of ketones is 1. The monoisotopic (exact) mass is 508 g/mol. The number of alkyl halides is 3. The number of carbonyl (C=O) groups excluding carboxylic acids is 2. The van der Waals surface area contributed by atoms with Gasteiger partial charge in [-0.25, -0.2) is 9.18 Å². The molecular formula is C22H18Cl2F4O3S. The molecule has 1 unspecified atom stereocenters. The van der Waals surface area contributed by atoms with Crippen molar-refractivity contribution >= 4 is 47.6 Å². The summed E-state index contributed by atoms with van der Waals surface area (Å²) in [7, 11) is 1.23. The standard InChI is InChI=1S/C22H18Cl2F4O3S/c1-31-20(30)15-7-6-14(12-4-2-3-5-13(12)15)18(29)10-21(32,22(26,27)28)11-8-16(23)19(25)17(24)9-11/h6-9,32H,2-5,10H2,1H3. The number of fused-ring (bicyclic) bond motifs is 1. The number of halogens is 6. The molecule has 3 rings (SSSR count). The number of hydrogen-bond acceptors (Lipinski definition) is 4. The van der Waals surface area contributed by atoms with E-state index in [1.54, 1.807) is 0 Å². The molecule has 3 nitrogen and oxygen atoms in total. The van der Waals surface area contributed by atoms with E-state index in [9.17, 15) is 27.2 Å². The van der Waals surface area contributed by atoms with Crippen LogP contribution >= 0.6 is 35.8 Å². The molecule has 0 N–H and O–H groups in total. The van der Waals surface area contributed by atoms with Crippen molar-refractivity contribution in [3.8, 4) is 0 Å². The first-order chi connectivity index (χ1) is 14.9. The predicted molar refractivity (Wildman–Crippen MR) is 117 cm³/mol. The molecule has 1 aliphatic carbocycles. The molecule has 10 heteroatoms. The molecule has 0 aliphatic heterocycles. The maximum atomic E-state index is 14.1. The lowest BCUT2D eigenvalue weighted by Gasteiger charge is -2.32. The van der Waals surface area contributed by atoms with Crippen LogP contribution in [0.1, 0.15) is 56.7 Å². The fraction of sp³-hybridized carbons (Fsp3) is 0.364. The van der Waals surface area contributed by atoms with Crippen molar-refractivity contribution in [2.45, 2.75) is 43.0 Å². The van der Waals surface area contributed by atoms with Gasteiger partial charge in [0.1, 0.15) is 4.75 Å². The average Bonchev–Trinajstić information content (AvgIpc) is 2.74. The Bertz CT molecular complexity index is 1060. The van der Waals surface area contributed by atoms with Gasteiger partial charge in [-0.1, -0.05) is 29.3 Å². The number of rotatable bonds is 5. The van der Waals surface area contributed by atoms with Crippen molar-refractivity contribution in [3.05, 3.63) is 67.9 Å². The van der Waals surface area contributed by atoms with Gasteiger partial charge in [0.25, 0.3) is 0 Å². The van der Waals surface area contributed by atoms with E-state index in [1.165, 1.54) is 19.2 Å². The van der Waals surface area contributed by atoms with Gasteiger partial charge in [-0.3, -0.25) is 4.79 Å². The summed E-state index contributed by atoms with van der Waals surface area (Å²) in [5, 5.41) is -1.22. The van der Waals surface area contributed by atoms with Crippen molar-refractivity contribution < 1.29 is 31.9 Å². The zero-order valence-corrected chi connectivity index (χ0v) is 19.2. The zero-order chi connectivity index (χ0) is 23.8. The molecule has 1 aliphatic rings. The van der Waals surface area contributed by atoms with Crippen LogP contribution in [0, 0.1) is 5.82 Å². The van der Waals surface area contributed by atoms with Gasteiger partial charge in [0.15, 0.2) is 11.6 Å². The molecule has 0 heterocycles. The summed E-state index contributed by atoms with van der Waals surface area (Å²) in [6.45, 7) is 0. The van der Waals surface area contributed by atoms with Gasteiger partial charge < -0.3 is 4.74 Å². The second-order valence-electron chi connectivity index (χ2n) is 7.53. The summed E-state index contributed by atoms with van der Waals surface area (Å²) >= 11 is 15.2. The SMILES string of the molecule is COC(=O)c1ccc(C(=O)CC(S)(c2cc(Cl)c(F)c(Cl)c2)C(F)(F)F)c2c1CCCC2. The second kappa shape index (κ2) is 9.23. The van der Waals surface area contributed by atoms with Crippen molar-refractivity contribution in [3.63, 3.8) is 0 Å². The van der Waals surface area contributed by atoms with Crippen LogP contribution < -0.4 is 0 Å². The van der Waals surface area contributed by atoms with Gasteiger partial charge in [0, 0.05) is 12.0 Å². The summed E-state index contributed by atoms with van der Waals surface area (Å²) in [5.41, 5.74) is 0.993. The van der Waals surface area contributed by atoms with E-state index in [1.807, 2.05) is 0 Å². The molecule has 0 spiro atoms. The van der Waals surface area contributed by atoms with E-state index in [2.05, 4.69) is 12.6 Å². The van der Waals surface area contributed by atoms with E-state index in [4.69, 9.17) is 27.9 Å². The van der Waals surface area contributed by atoms with E-state index >= 15 is 0 Å². The van der Waals surface area contributed by atoms with Crippen molar-refractivity contribution in [1.29, 1.82) is 0 Å². The first-order valence-electron chi connectivity index (χ1n) is 9.61. The van der Waals surface area contributed by atoms with Gasteiger partial charge in [0.2, 0.25) is 0 Å². The molecule has 172 valence electrons. The summed E-state index contributed by atoms with van der Waals surface area (Å²) in [5.74, 6) is -2.45. The van der Waals surface area contributed by atoms with E-state index in [-0.39, 0.29) is 5.56 Å². The number of carbonyl (C=O) groups is 2. The Labute approximate surface area is 197 Å². The molecule has 2 aromatic rings. The highest BCUT2D eigenvalue weighted by Gasteiger charge is 2.55.